The first-order valence-corrected chi connectivity index (χ1v) is 8.87. The molecule has 0 saturated heterocycles. The summed E-state index contributed by atoms with van der Waals surface area (Å²) in [6.07, 6.45) is 1.56. The number of aromatic carboxylic acids is 1. The van der Waals surface area contributed by atoms with Gasteiger partial charge in [-0.25, -0.2) is 19.2 Å². The van der Waals surface area contributed by atoms with Crippen molar-refractivity contribution in [2.75, 3.05) is 11.9 Å². The van der Waals surface area contributed by atoms with Gasteiger partial charge in [0, 0.05) is 23.3 Å². The minimum absolute atomic E-state index is 0.0607. The second-order valence-electron chi connectivity index (χ2n) is 5.80. The third kappa shape index (κ3) is 4.55. The minimum atomic E-state index is -1.08. The Kier molecular flexibility index (Phi) is 6.06. The number of nitrogens with zero attached hydrogens (tertiary/aromatic N) is 2. The Morgan fingerprint density at radius 3 is 2.79 bits per heavy atom. The van der Waals surface area contributed by atoms with Gasteiger partial charge in [-0.05, 0) is 48.9 Å². The molecule has 28 heavy (non-hydrogen) atoms. The highest BCUT2D eigenvalue weighted by molar-refractivity contribution is 6.31. The SMILES string of the molecule is CCOc1ccc(-c2ccnc(NCc3ccc(F)cc3Cl)n2)cc1C(=O)O. The first-order chi connectivity index (χ1) is 13.5. The number of halogens is 2. The Balaban J connectivity index is 1.83. The highest BCUT2D eigenvalue weighted by Gasteiger charge is 2.14. The van der Waals surface area contributed by atoms with E-state index in [1.54, 1.807) is 37.4 Å². The van der Waals surface area contributed by atoms with Crippen LogP contribution < -0.4 is 10.1 Å². The lowest BCUT2D eigenvalue weighted by Crippen LogP contribution is -2.05. The van der Waals surface area contributed by atoms with Crippen molar-refractivity contribution in [1.82, 2.24) is 9.97 Å². The van der Waals surface area contributed by atoms with Crippen molar-refractivity contribution in [3.05, 3.63) is 70.6 Å². The molecule has 0 aliphatic rings. The van der Waals surface area contributed by atoms with Crippen LogP contribution in [-0.2, 0) is 6.54 Å². The summed E-state index contributed by atoms with van der Waals surface area (Å²) in [5, 5.41) is 12.7. The Hall–Kier alpha value is -3.19. The van der Waals surface area contributed by atoms with Gasteiger partial charge in [-0.1, -0.05) is 17.7 Å². The van der Waals surface area contributed by atoms with E-state index >= 15 is 0 Å². The van der Waals surface area contributed by atoms with Gasteiger partial charge in [-0.3, -0.25) is 0 Å². The van der Waals surface area contributed by atoms with Gasteiger partial charge >= 0.3 is 5.97 Å². The molecule has 0 bridgehead atoms. The van der Waals surface area contributed by atoms with Crippen LogP contribution in [-0.4, -0.2) is 27.7 Å². The van der Waals surface area contributed by atoms with Crippen LogP contribution in [0.1, 0.15) is 22.8 Å². The molecular formula is C20H17ClFN3O3. The van der Waals surface area contributed by atoms with Crippen LogP contribution in [0.2, 0.25) is 5.02 Å². The van der Waals surface area contributed by atoms with Crippen molar-refractivity contribution in [3.63, 3.8) is 0 Å². The average molecular weight is 402 g/mol. The van der Waals surface area contributed by atoms with E-state index in [4.69, 9.17) is 16.3 Å². The molecule has 1 aromatic heterocycles. The van der Waals surface area contributed by atoms with Gasteiger partial charge in [0.1, 0.15) is 17.1 Å². The third-order valence-electron chi connectivity index (χ3n) is 3.91. The number of hydrogen-bond donors (Lipinski definition) is 2. The summed E-state index contributed by atoms with van der Waals surface area (Å²) in [5.74, 6) is -0.846. The van der Waals surface area contributed by atoms with Gasteiger partial charge in [-0.15, -0.1) is 0 Å². The lowest BCUT2D eigenvalue weighted by atomic mass is 10.1. The van der Waals surface area contributed by atoms with Crippen LogP contribution in [0.4, 0.5) is 10.3 Å². The molecule has 0 spiro atoms. The second kappa shape index (κ2) is 8.67. The summed E-state index contributed by atoms with van der Waals surface area (Å²) >= 11 is 6.02. The van der Waals surface area contributed by atoms with E-state index in [9.17, 15) is 14.3 Å². The zero-order chi connectivity index (χ0) is 20.1. The maximum Gasteiger partial charge on any atom is 0.339 e. The molecule has 0 atom stereocenters. The number of rotatable bonds is 7. The molecule has 0 aliphatic heterocycles. The molecule has 8 heteroatoms. The van der Waals surface area contributed by atoms with Crippen molar-refractivity contribution in [2.45, 2.75) is 13.5 Å². The highest BCUT2D eigenvalue weighted by atomic mass is 35.5. The molecule has 144 valence electrons. The van der Waals surface area contributed by atoms with Crippen LogP contribution >= 0.6 is 11.6 Å². The Bertz CT molecular complexity index is 1010. The molecule has 0 aliphatic carbocycles. The minimum Gasteiger partial charge on any atom is -0.493 e. The first-order valence-electron chi connectivity index (χ1n) is 8.49. The highest BCUT2D eigenvalue weighted by Crippen LogP contribution is 2.26. The van der Waals surface area contributed by atoms with Crippen molar-refractivity contribution in [1.29, 1.82) is 0 Å². The number of carboxylic acids is 1. The molecule has 3 aromatic rings. The summed E-state index contributed by atoms with van der Waals surface area (Å²) < 4.78 is 18.5. The fourth-order valence-electron chi connectivity index (χ4n) is 2.58. The van der Waals surface area contributed by atoms with Gasteiger partial charge in [0.15, 0.2) is 0 Å². The fraction of sp³-hybridized carbons (Fsp3) is 0.150. The first kappa shape index (κ1) is 19.6. The maximum atomic E-state index is 13.1. The molecule has 0 fully saturated rings. The number of anilines is 1. The van der Waals surface area contributed by atoms with Crippen LogP contribution in [0.15, 0.2) is 48.7 Å². The van der Waals surface area contributed by atoms with Crippen molar-refractivity contribution in [2.24, 2.45) is 0 Å². The monoisotopic (exact) mass is 401 g/mol. The van der Waals surface area contributed by atoms with Crippen LogP contribution in [0.25, 0.3) is 11.3 Å². The van der Waals surface area contributed by atoms with Crippen molar-refractivity contribution in [3.8, 4) is 17.0 Å². The molecule has 6 nitrogen and oxygen atoms in total. The molecule has 0 amide bonds. The number of carboxylic acid groups (broad SMARTS) is 1. The summed E-state index contributed by atoms with van der Waals surface area (Å²) in [6, 6.07) is 10.7. The standard InChI is InChI=1S/C20H17ClFN3O3/c1-2-28-18-6-4-12(9-15(18)19(26)27)17-7-8-23-20(25-17)24-11-13-3-5-14(22)10-16(13)21/h3-10H,2,11H2,1H3,(H,26,27)(H,23,24,25). The predicted molar refractivity (Wildman–Crippen MR) is 104 cm³/mol. The summed E-state index contributed by atoms with van der Waals surface area (Å²) in [4.78, 5) is 20.1. The van der Waals surface area contributed by atoms with Crippen LogP contribution in [0.3, 0.4) is 0 Å². The van der Waals surface area contributed by atoms with E-state index in [0.29, 0.717) is 46.7 Å². The molecule has 0 saturated carbocycles. The number of ether oxygens (including phenoxy) is 1. The van der Waals surface area contributed by atoms with E-state index in [1.165, 1.54) is 18.2 Å². The molecule has 2 N–H and O–H groups in total. The maximum absolute atomic E-state index is 13.1. The van der Waals surface area contributed by atoms with Crippen LogP contribution in [0, 0.1) is 5.82 Å². The van der Waals surface area contributed by atoms with E-state index in [-0.39, 0.29) is 5.56 Å². The van der Waals surface area contributed by atoms with Gasteiger partial charge in [0.25, 0.3) is 0 Å². The summed E-state index contributed by atoms with van der Waals surface area (Å²) in [5.41, 5.74) is 1.93. The number of nitrogens with one attached hydrogen (secondary N) is 1. The van der Waals surface area contributed by atoms with Gasteiger partial charge < -0.3 is 15.2 Å². The van der Waals surface area contributed by atoms with Crippen molar-refractivity contribution < 1.29 is 19.0 Å². The fourth-order valence-corrected chi connectivity index (χ4v) is 2.82. The molecule has 2 aromatic carbocycles. The lowest BCUT2D eigenvalue weighted by molar-refractivity contribution is 0.0692. The van der Waals surface area contributed by atoms with Gasteiger partial charge in [0.2, 0.25) is 5.95 Å². The zero-order valence-corrected chi connectivity index (χ0v) is 15.7. The normalized spacial score (nSPS) is 10.5. The molecule has 3 rings (SSSR count). The number of carbonyl (C=O) groups is 1. The Labute approximate surface area is 166 Å². The van der Waals surface area contributed by atoms with Gasteiger partial charge in [0.05, 0.1) is 12.3 Å². The van der Waals surface area contributed by atoms with E-state index < -0.39 is 11.8 Å². The van der Waals surface area contributed by atoms with Crippen LogP contribution in [0.5, 0.6) is 5.75 Å². The molecule has 0 radical (unpaired) electrons. The van der Waals surface area contributed by atoms with Crippen molar-refractivity contribution >= 4 is 23.5 Å². The smallest absolute Gasteiger partial charge is 0.339 e. The van der Waals surface area contributed by atoms with E-state index in [2.05, 4.69) is 15.3 Å². The Morgan fingerprint density at radius 1 is 1.25 bits per heavy atom. The largest absolute Gasteiger partial charge is 0.493 e. The third-order valence-corrected chi connectivity index (χ3v) is 4.27. The molecule has 1 heterocycles. The summed E-state index contributed by atoms with van der Waals surface area (Å²) in [6.45, 7) is 2.47. The average Bonchev–Trinajstić information content (AvgIpc) is 2.68. The predicted octanol–water partition coefficient (Wildman–Crippen LogP) is 4.65. The quantitative estimate of drug-likeness (QED) is 0.599. The molecular weight excluding hydrogens is 385 g/mol. The number of hydrogen-bond acceptors (Lipinski definition) is 5. The lowest BCUT2D eigenvalue weighted by Gasteiger charge is -2.10. The Morgan fingerprint density at radius 2 is 2.07 bits per heavy atom. The second-order valence-corrected chi connectivity index (χ2v) is 6.21. The van der Waals surface area contributed by atoms with E-state index in [0.717, 1.165) is 0 Å². The van der Waals surface area contributed by atoms with E-state index in [1.807, 2.05) is 0 Å². The zero-order valence-electron chi connectivity index (χ0n) is 14.9. The van der Waals surface area contributed by atoms with Gasteiger partial charge in [-0.2, -0.15) is 0 Å². The summed E-state index contributed by atoms with van der Waals surface area (Å²) in [7, 11) is 0. The molecule has 0 unspecified atom stereocenters. The number of benzene rings is 2. The number of aromatic nitrogens is 2. The topological polar surface area (TPSA) is 84.3 Å².